The van der Waals surface area contributed by atoms with Crippen molar-refractivity contribution >= 4 is 23.4 Å². The maximum atomic E-state index is 12.0. The van der Waals surface area contributed by atoms with Crippen LogP contribution < -0.4 is 10.6 Å². The Hall–Kier alpha value is -1.07. The lowest BCUT2D eigenvalue weighted by Crippen LogP contribution is -2.49. The van der Waals surface area contributed by atoms with Crippen LogP contribution in [0.5, 0.6) is 0 Å². The fourth-order valence-corrected chi connectivity index (χ4v) is 2.23. The molecule has 0 saturated heterocycles. The Morgan fingerprint density at radius 3 is 3.25 bits per heavy atom. The predicted molar refractivity (Wildman–Crippen MR) is 66.7 cm³/mol. The van der Waals surface area contributed by atoms with Gasteiger partial charge in [0.15, 0.2) is 0 Å². The molecule has 0 saturated carbocycles. The molecule has 2 N–H and O–H groups in total. The van der Waals surface area contributed by atoms with E-state index in [9.17, 15) is 4.79 Å². The first kappa shape index (κ1) is 11.4. The Morgan fingerprint density at radius 2 is 2.50 bits per heavy atom. The van der Waals surface area contributed by atoms with Gasteiger partial charge in [0, 0.05) is 24.9 Å². The number of carbonyl (C=O) groups is 1. The summed E-state index contributed by atoms with van der Waals surface area (Å²) in [4.78, 5) is 18.0. The van der Waals surface area contributed by atoms with Gasteiger partial charge in [0.1, 0.15) is 0 Å². The van der Waals surface area contributed by atoms with Crippen molar-refractivity contribution in [2.45, 2.75) is 12.5 Å². The largest absolute Gasteiger partial charge is 0.320 e. The van der Waals surface area contributed by atoms with Gasteiger partial charge in [-0.2, -0.15) is 11.8 Å². The van der Waals surface area contributed by atoms with Crippen LogP contribution in [0.1, 0.15) is 5.69 Å². The maximum Gasteiger partial charge on any atom is 0.244 e. The number of pyridine rings is 1. The van der Waals surface area contributed by atoms with Crippen molar-refractivity contribution in [1.82, 2.24) is 4.98 Å². The van der Waals surface area contributed by atoms with Crippen molar-refractivity contribution in [3.63, 3.8) is 0 Å². The van der Waals surface area contributed by atoms with Crippen LogP contribution in [0.25, 0.3) is 0 Å². The van der Waals surface area contributed by atoms with Crippen LogP contribution in [0.4, 0.5) is 5.69 Å². The van der Waals surface area contributed by atoms with Crippen LogP contribution in [0.2, 0.25) is 0 Å². The van der Waals surface area contributed by atoms with Crippen LogP contribution >= 0.6 is 11.8 Å². The number of nitrogens with two attached hydrogens (primary N) is 1. The summed E-state index contributed by atoms with van der Waals surface area (Å²) in [6.07, 6.45) is 4.32. The number of anilines is 1. The molecular weight excluding hydrogens is 222 g/mol. The molecule has 2 heterocycles. The van der Waals surface area contributed by atoms with Gasteiger partial charge in [0.25, 0.3) is 0 Å². The van der Waals surface area contributed by atoms with E-state index in [4.69, 9.17) is 5.73 Å². The zero-order chi connectivity index (χ0) is 11.5. The van der Waals surface area contributed by atoms with Gasteiger partial charge < -0.3 is 10.6 Å². The number of hydrogen-bond acceptors (Lipinski definition) is 4. The summed E-state index contributed by atoms with van der Waals surface area (Å²) < 4.78 is 0. The smallest absolute Gasteiger partial charge is 0.244 e. The molecule has 1 atom stereocenters. The summed E-state index contributed by atoms with van der Waals surface area (Å²) in [6, 6.07) is 3.35. The number of thioether (sulfide) groups is 1. The first-order chi connectivity index (χ1) is 7.74. The number of aromatic nitrogens is 1. The second kappa shape index (κ2) is 4.84. The van der Waals surface area contributed by atoms with E-state index in [1.165, 1.54) is 0 Å². The Kier molecular flexibility index (Phi) is 3.46. The monoisotopic (exact) mass is 237 g/mol. The predicted octanol–water partition coefficient (Wildman–Crippen LogP) is 0.661. The Labute approximate surface area is 99.2 Å². The van der Waals surface area contributed by atoms with Gasteiger partial charge in [-0.15, -0.1) is 0 Å². The van der Waals surface area contributed by atoms with E-state index in [1.807, 2.05) is 18.4 Å². The Balaban J connectivity index is 2.30. The third kappa shape index (κ3) is 2.05. The number of nitrogens with zero attached hydrogens (tertiary/aromatic N) is 2. The number of hydrogen-bond donors (Lipinski definition) is 1. The molecule has 1 unspecified atom stereocenters. The Morgan fingerprint density at radius 1 is 1.69 bits per heavy atom. The van der Waals surface area contributed by atoms with Crippen molar-refractivity contribution in [1.29, 1.82) is 0 Å². The molecule has 1 amide bonds. The van der Waals surface area contributed by atoms with Gasteiger partial charge >= 0.3 is 0 Å². The first-order valence-corrected chi connectivity index (χ1v) is 6.63. The first-order valence-electron chi connectivity index (χ1n) is 5.24. The van der Waals surface area contributed by atoms with Gasteiger partial charge in [0.05, 0.1) is 17.4 Å². The zero-order valence-corrected chi connectivity index (χ0v) is 10.0. The zero-order valence-electron chi connectivity index (χ0n) is 9.22. The average Bonchev–Trinajstić information content (AvgIpc) is 2.30. The van der Waals surface area contributed by atoms with Crippen molar-refractivity contribution in [3.05, 3.63) is 24.0 Å². The number of rotatable bonds is 3. The second-order valence-corrected chi connectivity index (χ2v) is 4.75. The van der Waals surface area contributed by atoms with E-state index < -0.39 is 6.04 Å². The van der Waals surface area contributed by atoms with Gasteiger partial charge in [-0.05, 0) is 18.4 Å². The molecule has 4 nitrogen and oxygen atoms in total. The summed E-state index contributed by atoms with van der Waals surface area (Å²) in [5, 5.41) is 0. The number of fused-ring (bicyclic) bond motifs is 1. The summed E-state index contributed by atoms with van der Waals surface area (Å²) >= 11 is 1.72. The van der Waals surface area contributed by atoms with Crippen molar-refractivity contribution in [2.24, 2.45) is 5.73 Å². The van der Waals surface area contributed by atoms with Crippen LogP contribution in [0.15, 0.2) is 18.3 Å². The highest BCUT2D eigenvalue weighted by Crippen LogP contribution is 2.25. The van der Waals surface area contributed by atoms with E-state index in [2.05, 4.69) is 4.98 Å². The lowest BCUT2D eigenvalue weighted by atomic mass is 10.0. The van der Waals surface area contributed by atoms with Crippen molar-refractivity contribution in [2.75, 3.05) is 23.5 Å². The fraction of sp³-hybridized carbons (Fsp3) is 0.455. The molecule has 16 heavy (non-hydrogen) atoms. The molecule has 0 fully saturated rings. The van der Waals surface area contributed by atoms with E-state index in [0.29, 0.717) is 13.0 Å². The van der Waals surface area contributed by atoms with Crippen LogP contribution in [-0.2, 0) is 11.2 Å². The molecular formula is C11H15N3OS. The third-order valence-electron chi connectivity index (χ3n) is 2.67. The topological polar surface area (TPSA) is 59.2 Å². The van der Waals surface area contributed by atoms with E-state index in [-0.39, 0.29) is 5.91 Å². The molecule has 1 aliphatic rings. The Bertz CT molecular complexity index is 397. The van der Waals surface area contributed by atoms with Crippen LogP contribution in [0, 0.1) is 0 Å². The van der Waals surface area contributed by atoms with Gasteiger partial charge in [-0.3, -0.25) is 9.78 Å². The highest BCUT2D eigenvalue weighted by Gasteiger charge is 2.30. The third-order valence-corrected chi connectivity index (χ3v) is 3.26. The molecule has 0 spiro atoms. The number of amides is 1. The molecule has 1 aromatic rings. The molecule has 0 bridgehead atoms. The standard InChI is InChI=1S/C11H15N3OS/c1-16-6-5-14-10-3-2-4-13-9(10)7-8(12)11(14)15/h2-4,8H,5-7,12H2,1H3. The van der Waals surface area contributed by atoms with E-state index in [1.54, 1.807) is 22.9 Å². The summed E-state index contributed by atoms with van der Waals surface area (Å²) in [6.45, 7) is 0.701. The van der Waals surface area contributed by atoms with Gasteiger partial charge in [-0.25, -0.2) is 0 Å². The molecule has 5 heteroatoms. The molecule has 1 aliphatic heterocycles. The maximum absolute atomic E-state index is 12.0. The molecule has 2 rings (SSSR count). The summed E-state index contributed by atoms with van der Waals surface area (Å²) in [7, 11) is 0. The van der Waals surface area contributed by atoms with Gasteiger partial charge in [-0.1, -0.05) is 0 Å². The van der Waals surface area contributed by atoms with E-state index in [0.717, 1.165) is 17.1 Å². The normalized spacial score (nSPS) is 19.8. The average molecular weight is 237 g/mol. The molecule has 0 aliphatic carbocycles. The highest BCUT2D eigenvalue weighted by molar-refractivity contribution is 7.98. The van der Waals surface area contributed by atoms with Crippen LogP contribution in [0.3, 0.4) is 0 Å². The second-order valence-electron chi connectivity index (χ2n) is 3.76. The minimum atomic E-state index is -0.441. The molecule has 0 radical (unpaired) electrons. The quantitative estimate of drug-likeness (QED) is 0.839. The highest BCUT2D eigenvalue weighted by atomic mass is 32.2. The lowest BCUT2D eigenvalue weighted by Gasteiger charge is -2.31. The molecule has 0 aromatic carbocycles. The van der Waals surface area contributed by atoms with Gasteiger partial charge in [0.2, 0.25) is 5.91 Å². The van der Waals surface area contributed by atoms with Crippen LogP contribution in [-0.4, -0.2) is 35.5 Å². The fourth-order valence-electron chi connectivity index (χ4n) is 1.86. The minimum Gasteiger partial charge on any atom is -0.320 e. The van der Waals surface area contributed by atoms with Crippen molar-refractivity contribution in [3.8, 4) is 0 Å². The molecule has 86 valence electrons. The summed E-state index contributed by atoms with van der Waals surface area (Å²) in [5.41, 5.74) is 7.66. The molecule has 1 aromatic heterocycles. The van der Waals surface area contributed by atoms with E-state index >= 15 is 0 Å². The summed E-state index contributed by atoms with van der Waals surface area (Å²) in [5.74, 6) is 0.918. The minimum absolute atomic E-state index is 0.00884. The SMILES string of the molecule is CSCCN1C(=O)C(N)Cc2ncccc21. The lowest BCUT2D eigenvalue weighted by molar-refractivity contribution is -0.120. The van der Waals surface area contributed by atoms with Crippen molar-refractivity contribution < 1.29 is 4.79 Å². The number of carbonyl (C=O) groups excluding carboxylic acids is 1.